The Morgan fingerprint density at radius 3 is 2.57 bits per heavy atom. The average Bonchev–Trinajstić information content (AvgIpc) is 2.02. The first-order valence-electron chi connectivity index (χ1n) is 4.55. The standard InChI is InChI=1S/C8H14F3NO2/c9-8(10,11)7(14)5-12-3-1-2-6(13)4-12/h6-7,13-14H,1-5H2. The summed E-state index contributed by atoms with van der Waals surface area (Å²) in [4.78, 5) is 1.44. The van der Waals surface area contributed by atoms with E-state index >= 15 is 0 Å². The second-order valence-corrected chi connectivity index (χ2v) is 3.61. The van der Waals surface area contributed by atoms with Gasteiger partial charge in [0.25, 0.3) is 0 Å². The van der Waals surface area contributed by atoms with Crippen LogP contribution in [0.4, 0.5) is 13.2 Å². The number of halogens is 3. The summed E-state index contributed by atoms with van der Waals surface area (Å²) in [7, 11) is 0. The fourth-order valence-corrected chi connectivity index (χ4v) is 1.55. The molecule has 6 heteroatoms. The van der Waals surface area contributed by atoms with Crippen LogP contribution in [0.2, 0.25) is 0 Å². The van der Waals surface area contributed by atoms with Gasteiger partial charge in [-0.2, -0.15) is 13.2 Å². The Hall–Kier alpha value is -0.330. The molecule has 0 amide bonds. The van der Waals surface area contributed by atoms with Crippen molar-refractivity contribution in [2.24, 2.45) is 0 Å². The predicted octanol–water partition coefficient (Wildman–Crippen LogP) is 0.366. The van der Waals surface area contributed by atoms with Crippen LogP contribution in [0.5, 0.6) is 0 Å². The first kappa shape index (κ1) is 11.7. The van der Waals surface area contributed by atoms with E-state index in [0.717, 1.165) is 0 Å². The lowest BCUT2D eigenvalue weighted by atomic mass is 10.1. The van der Waals surface area contributed by atoms with Crippen LogP contribution < -0.4 is 0 Å². The van der Waals surface area contributed by atoms with Gasteiger partial charge in [-0.05, 0) is 19.4 Å². The summed E-state index contributed by atoms with van der Waals surface area (Å²) in [5.41, 5.74) is 0. The molecule has 1 aliphatic heterocycles. The first-order valence-corrected chi connectivity index (χ1v) is 4.55. The maximum Gasteiger partial charge on any atom is 0.415 e. The monoisotopic (exact) mass is 213 g/mol. The van der Waals surface area contributed by atoms with Crippen LogP contribution in [0.25, 0.3) is 0 Å². The van der Waals surface area contributed by atoms with E-state index in [1.54, 1.807) is 0 Å². The third-order valence-electron chi connectivity index (χ3n) is 2.29. The largest absolute Gasteiger partial charge is 0.415 e. The zero-order valence-electron chi connectivity index (χ0n) is 7.67. The number of hydrogen-bond acceptors (Lipinski definition) is 3. The summed E-state index contributed by atoms with van der Waals surface area (Å²) in [6, 6.07) is 0. The molecule has 1 aliphatic rings. The van der Waals surface area contributed by atoms with Gasteiger partial charge >= 0.3 is 6.18 Å². The summed E-state index contributed by atoms with van der Waals surface area (Å²) in [6.45, 7) is 0.276. The Labute approximate surface area is 80.1 Å². The highest BCUT2D eigenvalue weighted by molar-refractivity contribution is 4.76. The van der Waals surface area contributed by atoms with Gasteiger partial charge < -0.3 is 10.2 Å². The Morgan fingerprint density at radius 2 is 2.07 bits per heavy atom. The van der Waals surface area contributed by atoms with Crippen molar-refractivity contribution < 1.29 is 23.4 Å². The molecule has 0 saturated carbocycles. The summed E-state index contributed by atoms with van der Waals surface area (Å²) in [5, 5.41) is 18.0. The Balaban J connectivity index is 2.36. The van der Waals surface area contributed by atoms with Crippen LogP contribution >= 0.6 is 0 Å². The molecule has 1 saturated heterocycles. The topological polar surface area (TPSA) is 43.7 Å². The van der Waals surface area contributed by atoms with Gasteiger partial charge in [0.2, 0.25) is 0 Å². The average molecular weight is 213 g/mol. The number of hydrogen-bond donors (Lipinski definition) is 2. The Morgan fingerprint density at radius 1 is 1.43 bits per heavy atom. The minimum Gasteiger partial charge on any atom is -0.392 e. The van der Waals surface area contributed by atoms with Crippen molar-refractivity contribution in [2.45, 2.75) is 31.2 Å². The zero-order chi connectivity index (χ0) is 10.8. The first-order chi connectivity index (χ1) is 6.39. The van der Waals surface area contributed by atoms with Crippen molar-refractivity contribution in [3.63, 3.8) is 0 Å². The predicted molar refractivity (Wildman–Crippen MR) is 43.7 cm³/mol. The van der Waals surface area contributed by atoms with E-state index in [1.807, 2.05) is 0 Å². The minimum atomic E-state index is -4.57. The van der Waals surface area contributed by atoms with Gasteiger partial charge in [0, 0.05) is 13.1 Å². The smallest absolute Gasteiger partial charge is 0.392 e. The molecule has 0 radical (unpaired) electrons. The van der Waals surface area contributed by atoms with E-state index in [2.05, 4.69) is 0 Å². The normalized spacial score (nSPS) is 27.6. The maximum absolute atomic E-state index is 12.0. The van der Waals surface area contributed by atoms with Crippen LogP contribution in [-0.4, -0.2) is 53.1 Å². The second-order valence-electron chi connectivity index (χ2n) is 3.61. The number of rotatable bonds is 2. The second kappa shape index (κ2) is 4.46. The molecule has 1 rings (SSSR count). The molecular weight excluding hydrogens is 199 g/mol. The number of likely N-dealkylation sites (tertiary alicyclic amines) is 1. The van der Waals surface area contributed by atoms with Gasteiger partial charge in [-0.1, -0.05) is 0 Å². The molecular formula is C8H14F3NO2. The fourth-order valence-electron chi connectivity index (χ4n) is 1.55. The highest BCUT2D eigenvalue weighted by Gasteiger charge is 2.39. The number of aliphatic hydroxyl groups excluding tert-OH is 2. The molecule has 0 bridgehead atoms. The van der Waals surface area contributed by atoms with Gasteiger partial charge in [0.05, 0.1) is 6.10 Å². The molecule has 1 heterocycles. The molecule has 0 spiro atoms. The van der Waals surface area contributed by atoms with E-state index in [1.165, 1.54) is 4.90 Å². The molecule has 0 aliphatic carbocycles. The molecule has 3 nitrogen and oxygen atoms in total. The highest BCUT2D eigenvalue weighted by atomic mass is 19.4. The van der Waals surface area contributed by atoms with Crippen LogP contribution in [0.3, 0.4) is 0 Å². The molecule has 2 atom stereocenters. The number of alkyl halides is 3. The van der Waals surface area contributed by atoms with E-state index in [-0.39, 0.29) is 6.54 Å². The van der Waals surface area contributed by atoms with Gasteiger partial charge in [0.1, 0.15) is 0 Å². The van der Waals surface area contributed by atoms with Crippen LogP contribution in [-0.2, 0) is 0 Å². The van der Waals surface area contributed by atoms with Gasteiger partial charge in [0.15, 0.2) is 6.10 Å². The minimum absolute atomic E-state index is 0.215. The lowest BCUT2D eigenvalue weighted by Gasteiger charge is -2.31. The SMILES string of the molecule is OC1CCCN(CC(O)C(F)(F)F)C1. The number of aliphatic hydroxyl groups is 2. The van der Waals surface area contributed by atoms with Crippen molar-refractivity contribution in [1.29, 1.82) is 0 Å². The van der Waals surface area contributed by atoms with Crippen LogP contribution in [0, 0.1) is 0 Å². The van der Waals surface area contributed by atoms with Gasteiger partial charge in [-0.25, -0.2) is 0 Å². The summed E-state index contributed by atoms with van der Waals surface area (Å²) in [6.07, 6.45) is -6.15. The molecule has 2 unspecified atom stereocenters. The number of piperidine rings is 1. The van der Waals surface area contributed by atoms with E-state index < -0.39 is 24.9 Å². The third kappa shape index (κ3) is 3.43. The van der Waals surface area contributed by atoms with E-state index in [0.29, 0.717) is 19.4 Å². The Bertz CT molecular complexity index is 186. The Kier molecular flexibility index (Phi) is 3.74. The lowest BCUT2D eigenvalue weighted by Crippen LogP contribution is -2.46. The molecule has 1 fully saturated rings. The van der Waals surface area contributed by atoms with Gasteiger partial charge in [-0.15, -0.1) is 0 Å². The third-order valence-corrected chi connectivity index (χ3v) is 2.29. The summed E-state index contributed by atoms with van der Waals surface area (Å²) >= 11 is 0. The van der Waals surface area contributed by atoms with E-state index in [9.17, 15) is 18.3 Å². The fraction of sp³-hybridized carbons (Fsp3) is 1.00. The van der Waals surface area contributed by atoms with Crippen LogP contribution in [0.15, 0.2) is 0 Å². The van der Waals surface area contributed by atoms with Crippen molar-refractivity contribution in [3.05, 3.63) is 0 Å². The zero-order valence-corrected chi connectivity index (χ0v) is 7.67. The quantitative estimate of drug-likeness (QED) is 0.696. The number of β-amino-alcohol motifs (C(OH)–C–C–N with tert-alkyl or cyclic N) is 2. The van der Waals surface area contributed by atoms with Crippen molar-refractivity contribution in [2.75, 3.05) is 19.6 Å². The molecule has 0 aromatic rings. The molecule has 84 valence electrons. The molecule has 2 N–H and O–H groups in total. The number of nitrogens with zero attached hydrogens (tertiary/aromatic N) is 1. The molecule has 0 aromatic heterocycles. The molecule has 0 aromatic carbocycles. The van der Waals surface area contributed by atoms with Crippen molar-refractivity contribution >= 4 is 0 Å². The van der Waals surface area contributed by atoms with Gasteiger partial charge in [-0.3, -0.25) is 4.90 Å². The maximum atomic E-state index is 12.0. The van der Waals surface area contributed by atoms with Crippen molar-refractivity contribution in [3.8, 4) is 0 Å². The summed E-state index contributed by atoms with van der Waals surface area (Å²) < 4.78 is 35.9. The molecule has 14 heavy (non-hydrogen) atoms. The highest BCUT2D eigenvalue weighted by Crippen LogP contribution is 2.21. The van der Waals surface area contributed by atoms with Crippen LogP contribution in [0.1, 0.15) is 12.8 Å². The summed E-state index contributed by atoms with van der Waals surface area (Å²) in [5.74, 6) is 0. The lowest BCUT2D eigenvalue weighted by molar-refractivity contribution is -0.209. The van der Waals surface area contributed by atoms with Crippen molar-refractivity contribution in [1.82, 2.24) is 4.90 Å². The van der Waals surface area contributed by atoms with E-state index in [4.69, 9.17) is 5.11 Å².